The highest BCUT2D eigenvalue weighted by Gasteiger charge is 2.04. The first-order valence-corrected chi connectivity index (χ1v) is 6.70. The largest absolute Gasteiger partial charge is 0.0981 e. The molecule has 0 saturated heterocycles. The quantitative estimate of drug-likeness (QED) is 0.632. The summed E-state index contributed by atoms with van der Waals surface area (Å²) in [5.41, 5.74) is 1.61. The van der Waals surface area contributed by atoms with E-state index in [4.69, 9.17) is 11.6 Å². The lowest BCUT2D eigenvalue weighted by Crippen LogP contribution is -1.92. The van der Waals surface area contributed by atoms with Gasteiger partial charge in [-0.05, 0) is 55.4 Å². The van der Waals surface area contributed by atoms with Gasteiger partial charge < -0.3 is 0 Å². The molecule has 0 spiro atoms. The summed E-state index contributed by atoms with van der Waals surface area (Å²) in [6.07, 6.45) is 6.73. The number of hydrogen-bond donors (Lipinski definition) is 0. The molecule has 0 unspecified atom stereocenters. The van der Waals surface area contributed by atoms with Crippen LogP contribution in [0.2, 0.25) is 5.02 Å². The molecule has 0 N–H and O–H groups in total. The summed E-state index contributed by atoms with van der Waals surface area (Å²) in [4.78, 5) is 1.28. The lowest BCUT2D eigenvalue weighted by Gasteiger charge is -2.12. The van der Waals surface area contributed by atoms with E-state index in [1.165, 1.54) is 37.0 Å². The molecule has 1 aromatic rings. The van der Waals surface area contributed by atoms with Crippen molar-refractivity contribution in [2.45, 2.75) is 37.0 Å². The maximum absolute atomic E-state index is 5.84. The Hall–Kier alpha value is -0.400. The Morgan fingerprint density at radius 1 is 1.00 bits per heavy atom. The average Bonchev–Trinajstić information content (AvgIpc) is 2.30. The molecule has 1 aliphatic rings. The summed E-state index contributed by atoms with van der Waals surface area (Å²) in [5, 5.41) is 3.13. The van der Waals surface area contributed by atoms with Gasteiger partial charge in [0, 0.05) is 9.92 Å². The summed E-state index contributed by atoms with van der Waals surface area (Å²) >= 11 is 7.65. The summed E-state index contributed by atoms with van der Waals surface area (Å²) in [6.45, 7) is 0. The van der Waals surface area contributed by atoms with E-state index < -0.39 is 0 Å². The van der Waals surface area contributed by atoms with Crippen LogP contribution < -0.4 is 0 Å². The van der Waals surface area contributed by atoms with Crippen LogP contribution >= 0.6 is 23.4 Å². The van der Waals surface area contributed by atoms with Crippen LogP contribution in [-0.4, -0.2) is 0 Å². The van der Waals surface area contributed by atoms with Gasteiger partial charge in [0.25, 0.3) is 0 Å². The molecule has 0 radical (unpaired) electrons. The topological polar surface area (TPSA) is 0 Å². The number of allylic oxidation sites excluding steroid dienone is 1. The lowest BCUT2D eigenvalue weighted by molar-refractivity contribution is 0.600. The molecule has 80 valence electrons. The summed E-state index contributed by atoms with van der Waals surface area (Å²) in [7, 11) is 0. The number of benzene rings is 1. The van der Waals surface area contributed by atoms with E-state index in [1.807, 2.05) is 23.9 Å². The van der Waals surface area contributed by atoms with Gasteiger partial charge in [-0.2, -0.15) is 0 Å². The second-order valence-corrected chi connectivity index (χ2v) is 5.29. The van der Waals surface area contributed by atoms with Crippen molar-refractivity contribution < 1.29 is 0 Å². The first-order valence-electron chi connectivity index (χ1n) is 5.45. The Kier molecular flexibility index (Phi) is 4.16. The zero-order chi connectivity index (χ0) is 10.5. The van der Waals surface area contributed by atoms with Crippen LogP contribution in [0.1, 0.15) is 32.1 Å². The van der Waals surface area contributed by atoms with E-state index in [-0.39, 0.29) is 0 Å². The fourth-order valence-corrected chi connectivity index (χ4v) is 2.75. The highest BCUT2D eigenvalue weighted by molar-refractivity contribution is 8.02. The van der Waals surface area contributed by atoms with Gasteiger partial charge >= 0.3 is 0 Å². The monoisotopic (exact) mass is 238 g/mol. The van der Waals surface area contributed by atoms with Crippen molar-refractivity contribution in [2.24, 2.45) is 0 Å². The maximum Gasteiger partial charge on any atom is 0.0406 e. The maximum atomic E-state index is 5.84. The minimum Gasteiger partial charge on any atom is -0.0981 e. The van der Waals surface area contributed by atoms with Crippen molar-refractivity contribution in [1.82, 2.24) is 0 Å². The summed E-state index contributed by atoms with van der Waals surface area (Å²) < 4.78 is 0. The van der Waals surface area contributed by atoms with Gasteiger partial charge in [-0.15, -0.1) is 0 Å². The van der Waals surface area contributed by atoms with Gasteiger partial charge in [-0.25, -0.2) is 0 Å². The number of hydrogen-bond acceptors (Lipinski definition) is 1. The van der Waals surface area contributed by atoms with Crippen molar-refractivity contribution in [3.8, 4) is 0 Å². The fraction of sp³-hybridized carbons (Fsp3) is 0.385. The lowest BCUT2D eigenvalue weighted by atomic mass is 9.96. The van der Waals surface area contributed by atoms with Crippen LogP contribution in [-0.2, 0) is 0 Å². The van der Waals surface area contributed by atoms with Crippen LogP contribution in [0.25, 0.3) is 0 Å². The second-order valence-electron chi connectivity index (χ2n) is 3.91. The van der Waals surface area contributed by atoms with E-state index >= 15 is 0 Å². The zero-order valence-electron chi connectivity index (χ0n) is 8.71. The highest BCUT2D eigenvalue weighted by Crippen LogP contribution is 2.28. The molecular weight excluding hydrogens is 224 g/mol. The molecule has 2 rings (SSSR count). The minimum atomic E-state index is 0.810. The third-order valence-electron chi connectivity index (χ3n) is 2.67. The number of rotatable bonds is 2. The van der Waals surface area contributed by atoms with Crippen LogP contribution in [0.15, 0.2) is 40.1 Å². The molecule has 0 heterocycles. The Bertz CT molecular complexity index is 332. The van der Waals surface area contributed by atoms with Crippen LogP contribution in [0.5, 0.6) is 0 Å². The highest BCUT2D eigenvalue weighted by atomic mass is 35.5. The van der Waals surface area contributed by atoms with E-state index in [2.05, 4.69) is 17.5 Å². The van der Waals surface area contributed by atoms with Crippen molar-refractivity contribution in [3.05, 3.63) is 40.3 Å². The third-order valence-corrected chi connectivity index (χ3v) is 3.92. The Morgan fingerprint density at radius 2 is 1.67 bits per heavy atom. The predicted octanol–water partition coefficient (Wildman–Crippen LogP) is 5.28. The van der Waals surface area contributed by atoms with Gasteiger partial charge in [0.2, 0.25) is 0 Å². The van der Waals surface area contributed by atoms with Gasteiger partial charge in [-0.1, -0.05) is 35.4 Å². The SMILES string of the molecule is Clc1ccc(SC=C2CCCCC2)cc1. The summed E-state index contributed by atoms with van der Waals surface area (Å²) in [6, 6.07) is 8.05. The third kappa shape index (κ3) is 3.58. The van der Waals surface area contributed by atoms with Crippen LogP contribution in [0.4, 0.5) is 0 Å². The van der Waals surface area contributed by atoms with Crippen molar-refractivity contribution in [3.63, 3.8) is 0 Å². The van der Waals surface area contributed by atoms with Gasteiger partial charge in [-0.3, -0.25) is 0 Å². The normalized spacial score (nSPS) is 16.5. The van der Waals surface area contributed by atoms with Gasteiger partial charge in [0.1, 0.15) is 0 Å². The van der Waals surface area contributed by atoms with E-state index in [1.54, 1.807) is 5.57 Å². The Labute approximate surface area is 101 Å². The molecule has 0 amide bonds. The molecule has 0 nitrogen and oxygen atoms in total. The Balaban J connectivity index is 1.94. The number of halogens is 1. The summed E-state index contributed by atoms with van der Waals surface area (Å²) in [5.74, 6) is 0. The molecular formula is C13H15ClS. The molecule has 0 bridgehead atoms. The van der Waals surface area contributed by atoms with Crippen molar-refractivity contribution in [1.29, 1.82) is 0 Å². The molecule has 0 aromatic heterocycles. The molecule has 1 fully saturated rings. The smallest absolute Gasteiger partial charge is 0.0406 e. The zero-order valence-corrected chi connectivity index (χ0v) is 10.3. The standard InChI is InChI=1S/C13H15ClS/c14-12-6-8-13(9-7-12)15-10-11-4-2-1-3-5-11/h6-10H,1-5H2. The second kappa shape index (κ2) is 5.62. The molecule has 2 heteroatoms. The van der Waals surface area contributed by atoms with Crippen molar-refractivity contribution >= 4 is 23.4 Å². The van der Waals surface area contributed by atoms with Crippen LogP contribution in [0.3, 0.4) is 0 Å². The molecule has 0 atom stereocenters. The predicted molar refractivity (Wildman–Crippen MR) is 68.5 cm³/mol. The fourth-order valence-electron chi connectivity index (χ4n) is 1.79. The average molecular weight is 239 g/mol. The molecule has 1 aromatic carbocycles. The molecule has 1 aliphatic carbocycles. The first-order chi connectivity index (χ1) is 7.34. The van der Waals surface area contributed by atoms with Crippen molar-refractivity contribution in [2.75, 3.05) is 0 Å². The first kappa shape index (κ1) is 11.1. The van der Waals surface area contributed by atoms with Gasteiger partial charge in [0.05, 0.1) is 0 Å². The van der Waals surface area contributed by atoms with E-state index in [0.717, 1.165) is 5.02 Å². The minimum absolute atomic E-state index is 0.810. The van der Waals surface area contributed by atoms with Gasteiger partial charge in [0.15, 0.2) is 0 Å². The number of thioether (sulfide) groups is 1. The Morgan fingerprint density at radius 3 is 2.33 bits per heavy atom. The molecule has 1 saturated carbocycles. The van der Waals surface area contributed by atoms with Crippen LogP contribution in [0, 0.1) is 0 Å². The molecule has 15 heavy (non-hydrogen) atoms. The van der Waals surface area contributed by atoms with E-state index in [9.17, 15) is 0 Å². The molecule has 0 aliphatic heterocycles. The van der Waals surface area contributed by atoms with E-state index in [0.29, 0.717) is 0 Å².